The summed E-state index contributed by atoms with van der Waals surface area (Å²) in [6.45, 7) is 4.44. The largest absolute Gasteiger partial charge is 0.303 e. The maximum Gasteiger partial charge on any atom is 0.0416 e. The molecule has 2 unspecified atom stereocenters. The van der Waals surface area contributed by atoms with Crippen LogP contribution in [0.5, 0.6) is 0 Å². The van der Waals surface area contributed by atoms with E-state index in [0.717, 1.165) is 6.42 Å². The first kappa shape index (κ1) is 13.8. The van der Waals surface area contributed by atoms with Crippen molar-refractivity contribution < 1.29 is 0 Å². The van der Waals surface area contributed by atoms with E-state index in [1.165, 1.54) is 14.9 Å². The molecule has 1 heterocycles. The fourth-order valence-corrected chi connectivity index (χ4v) is 3.61. The van der Waals surface area contributed by atoms with Gasteiger partial charge < -0.3 is 5.32 Å². The number of thiophene rings is 1. The molecule has 0 saturated carbocycles. The summed E-state index contributed by atoms with van der Waals surface area (Å²) in [6, 6.07) is 13.5. The zero-order chi connectivity index (χ0) is 13.0. The van der Waals surface area contributed by atoms with Crippen LogP contribution in [0.15, 0.2) is 46.3 Å². The molecule has 1 aromatic carbocycles. The molecule has 0 aliphatic rings. The van der Waals surface area contributed by atoms with E-state index in [9.17, 15) is 0 Å². The maximum absolute atomic E-state index is 3.71. The monoisotopic (exact) mass is 323 g/mol. The lowest BCUT2D eigenvalue weighted by molar-refractivity contribution is 0.461. The minimum atomic E-state index is 0.340. The highest BCUT2D eigenvalue weighted by atomic mass is 79.9. The highest BCUT2D eigenvalue weighted by molar-refractivity contribution is 9.10. The fraction of sp³-hybridized carbons (Fsp3) is 0.333. The van der Waals surface area contributed by atoms with Gasteiger partial charge in [-0.2, -0.15) is 0 Å². The average molecular weight is 324 g/mol. The number of hydrogen-bond acceptors (Lipinski definition) is 2. The first-order valence-electron chi connectivity index (χ1n) is 6.26. The molecule has 2 rings (SSSR count). The highest BCUT2D eigenvalue weighted by Crippen LogP contribution is 2.28. The first-order chi connectivity index (χ1) is 8.72. The van der Waals surface area contributed by atoms with E-state index in [1.807, 2.05) is 11.3 Å². The van der Waals surface area contributed by atoms with Gasteiger partial charge in [-0.05, 0) is 36.4 Å². The molecule has 96 valence electrons. The Morgan fingerprint density at radius 2 is 2.00 bits per heavy atom. The Hall–Kier alpha value is -0.640. The van der Waals surface area contributed by atoms with Gasteiger partial charge >= 0.3 is 0 Å². The zero-order valence-electron chi connectivity index (χ0n) is 10.7. The Kier molecular flexibility index (Phi) is 4.98. The van der Waals surface area contributed by atoms with Crippen molar-refractivity contribution in [1.82, 2.24) is 5.32 Å². The van der Waals surface area contributed by atoms with Gasteiger partial charge in [0, 0.05) is 21.4 Å². The summed E-state index contributed by atoms with van der Waals surface area (Å²) in [5.41, 5.74) is 1.31. The minimum absolute atomic E-state index is 0.340. The van der Waals surface area contributed by atoms with E-state index in [0.29, 0.717) is 12.1 Å². The molecule has 0 amide bonds. The molecule has 1 aromatic heterocycles. The van der Waals surface area contributed by atoms with Gasteiger partial charge in [-0.15, -0.1) is 11.3 Å². The van der Waals surface area contributed by atoms with Crippen LogP contribution < -0.4 is 5.32 Å². The Morgan fingerprint density at radius 1 is 1.22 bits per heavy atom. The predicted molar refractivity (Wildman–Crippen MR) is 83.0 cm³/mol. The Morgan fingerprint density at radius 3 is 2.61 bits per heavy atom. The molecule has 0 bridgehead atoms. The molecular weight excluding hydrogens is 306 g/mol. The van der Waals surface area contributed by atoms with Crippen LogP contribution in [-0.4, -0.2) is 0 Å². The molecule has 0 aliphatic heterocycles. The van der Waals surface area contributed by atoms with Crippen LogP contribution in [0.1, 0.15) is 42.8 Å². The predicted octanol–water partition coefficient (Wildman–Crippen LogP) is 5.31. The van der Waals surface area contributed by atoms with E-state index < -0.39 is 0 Å². The smallest absolute Gasteiger partial charge is 0.0416 e. The van der Waals surface area contributed by atoms with Gasteiger partial charge in [0.2, 0.25) is 0 Å². The van der Waals surface area contributed by atoms with Crippen LogP contribution in [0.4, 0.5) is 0 Å². The second-order valence-corrected chi connectivity index (χ2v) is 6.22. The third-order valence-electron chi connectivity index (χ3n) is 3.12. The lowest BCUT2D eigenvalue weighted by Crippen LogP contribution is -2.23. The molecule has 3 heteroatoms. The second kappa shape index (κ2) is 6.50. The molecule has 1 nitrogen and oxygen atoms in total. The van der Waals surface area contributed by atoms with E-state index >= 15 is 0 Å². The normalized spacial score (nSPS) is 14.4. The Balaban J connectivity index is 2.11. The molecule has 0 radical (unpaired) electrons. The van der Waals surface area contributed by atoms with Crippen LogP contribution in [0.25, 0.3) is 0 Å². The van der Waals surface area contributed by atoms with E-state index in [4.69, 9.17) is 0 Å². The molecule has 2 atom stereocenters. The van der Waals surface area contributed by atoms with Gasteiger partial charge in [-0.3, -0.25) is 0 Å². The molecule has 0 spiro atoms. The summed E-state index contributed by atoms with van der Waals surface area (Å²) in [6.07, 6.45) is 1.11. The van der Waals surface area contributed by atoms with Crippen molar-refractivity contribution in [1.29, 1.82) is 0 Å². The number of rotatable bonds is 5. The van der Waals surface area contributed by atoms with Crippen molar-refractivity contribution in [3.05, 3.63) is 56.7 Å². The first-order valence-corrected chi connectivity index (χ1v) is 7.93. The zero-order valence-corrected chi connectivity index (χ0v) is 13.1. The molecule has 2 aromatic rings. The molecular formula is C15H18BrNS. The van der Waals surface area contributed by atoms with Crippen molar-refractivity contribution in [3.63, 3.8) is 0 Å². The lowest BCUT2D eigenvalue weighted by atomic mass is 10.1. The standard InChI is InChI=1S/C15H18BrNS/c1-3-14(15-9-6-10-18-15)17-11(2)12-7-4-5-8-13(12)16/h4-11,14,17H,3H2,1-2H3. The SMILES string of the molecule is CCC(NC(C)c1ccccc1Br)c1cccs1. The van der Waals surface area contributed by atoms with Crippen molar-refractivity contribution >= 4 is 27.3 Å². The summed E-state index contributed by atoms with van der Waals surface area (Å²) in [5, 5.41) is 5.85. The van der Waals surface area contributed by atoms with Gasteiger partial charge in [0.1, 0.15) is 0 Å². The molecule has 0 aliphatic carbocycles. The van der Waals surface area contributed by atoms with E-state index in [2.05, 4.69) is 76.9 Å². The van der Waals surface area contributed by atoms with Gasteiger partial charge in [0.05, 0.1) is 0 Å². The molecule has 1 N–H and O–H groups in total. The topological polar surface area (TPSA) is 12.0 Å². The number of hydrogen-bond donors (Lipinski definition) is 1. The minimum Gasteiger partial charge on any atom is -0.303 e. The van der Waals surface area contributed by atoms with E-state index in [1.54, 1.807) is 0 Å². The van der Waals surface area contributed by atoms with Crippen LogP contribution in [0.3, 0.4) is 0 Å². The number of nitrogens with one attached hydrogen (secondary N) is 1. The third kappa shape index (κ3) is 3.22. The maximum atomic E-state index is 3.71. The van der Waals surface area contributed by atoms with Crippen LogP contribution >= 0.6 is 27.3 Å². The average Bonchev–Trinajstić information content (AvgIpc) is 2.90. The van der Waals surface area contributed by atoms with Crippen molar-refractivity contribution in [2.75, 3.05) is 0 Å². The highest BCUT2D eigenvalue weighted by Gasteiger charge is 2.15. The number of halogens is 1. The molecule has 18 heavy (non-hydrogen) atoms. The molecule has 0 fully saturated rings. The summed E-state index contributed by atoms with van der Waals surface area (Å²) in [4.78, 5) is 1.41. The summed E-state index contributed by atoms with van der Waals surface area (Å²) >= 11 is 5.44. The second-order valence-electron chi connectivity index (χ2n) is 4.39. The van der Waals surface area contributed by atoms with Crippen molar-refractivity contribution in [3.8, 4) is 0 Å². The van der Waals surface area contributed by atoms with Crippen molar-refractivity contribution in [2.24, 2.45) is 0 Å². The summed E-state index contributed by atoms with van der Waals surface area (Å²) in [7, 11) is 0. The molecule has 0 saturated heterocycles. The Bertz CT molecular complexity index is 481. The third-order valence-corrected chi connectivity index (χ3v) is 4.83. The van der Waals surface area contributed by atoms with Gasteiger partial charge in [0.25, 0.3) is 0 Å². The van der Waals surface area contributed by atoms with Crippen LogP contribution in [-0.2, 0) is 0 Å². The number of benzene rings is 1. The van der Waals surface area contributed by atoms with Gasteiger partial charge in [-0.1, -0.05) is 47.1 Å². The fourth-order valence-electron chi connectivity index (χ4n) is 2.11. The van der Waals surface area contributed by atoms with Crippen LogP contribution in [0, 0.1) is 0 Å². The summed E-state index contributed by atoms with van der Waals surface area (Å²) < 4.78 is 1.17. The summed E-state index contributed by atoms with van der Waals surface area (Å²) in [5.74, 6) is 0. The quantitative estimate of drug-likeness (QED) is 0.785. The van der Waals surface area contributed by atoms with Gasteiger partial charge in [-0.25, -0.2) is 0 Å². The Labute approximate surface area is 121 Å². The van der Waals surface area contributed by atoms with E-state index in [-0.39, 0.29) is 0 Å². The van der Waals surface area contributed by atoms with Crippen molar-refractivity contribution in [2.45, 2.75) is 32.4 Å². The lowest BCUT2D eigenvalue weighted by Gasteiger charge is -2.22. The van der Waals surface area contributed by atoms with Gasteiger partial charge in [0.15, 0.2) is 0 Å². The van der Waals surface area contributed by atoms with Crippen LogP contribution in [0.2, 0.25) is 0 Å².